The molecule has 0 aliphatic rings. The Hall–Kier alpha value is -1.82. The molecule has 0 aromatic heterocycles. The lowest BCUT2D eigenvalue weighted by Gasteiger charge is -2.19. The van der Waals surface area contributed by atoms with Crippen LogP contribution in [-0.2, 0) is 4.74 Å². The Labute approximate surface area is 100 Å². The van der Waals surface area contributed by atoms with Crippen molar-refractivity contribution in [2.24, 2.45) is 0 Å². The van der Waals surface area contributed by atoms with Gasteiger partial charge in [0.25, 0.3) is 5.69 Å². The van der Waals surface area contributed by atoms with Crippen molar-refractivity contribution >= 4 is 17.1 Å². The Bertz CT molecular complexity index is 396. The van der Waals surface area contributed by atoms with Crippen molar-refractivity contribution in [3.8, 4) is 0 Å². The molecule has 0 aliphatic carbocycles. The van der Waals surface area contributed by atoms with Gasteiger partial charge in [-0.3, -0.25) is 10.1 Å². The minimum atomic E-state index is -0.394. The van der Waals surface area contributed by atoms with Crippen molar-refractivity contribution in [2.75, 3.05) is 44.6 Å². The first kappa shape index (κ1) is 13.2. The second-order valence-corrected chi connectivity index (χ2v) is 3.66. The Morgan fingerprint density at radius 1 is 1.47 bits per heavy atom. The monoisotopic (exact) mass is 239 g/mol. The van der Waals surface area contributed by atoms with E-state index in [1.165, 1.54) is 6.07 Å². The minimum Gasteiger partial charge on any atom is -0.388 e. The Kier molecular flexibility index (Phi) is 4.71. The van der Waals surface area contributed by atoms with Gasteiger partial charge in [0.2, 0.25) is 0 Å². The van der Waals surface area contributed by atoms with Crippen molar-refractivity contribution in [2.45, 2.75) is 0 Å². The fourth-order valence-electron chi connectivity index (χ4n) is 1.42. The largest absolute Gasteiger partial charge is 0.388 e. The van der Waals surface area contributed by atoms with Crippen molar-refractivity contribution in [3.05, 3.63) is 28.3 Å². The highest BCUT2D eigenvalue weighted by molar-refractivity contribution is 5.64. The van der Waals surface area contributed by atoms with Crippen LogP contribution in [0.3, 0.4) is 0 Å². The minimum absolute atomic E-state index is 0.0797. The fraction of sp³-hybridized carbons (Fsp3) is 0.455. The molecule has 0 heterocycles. The number of nitrogens with zero attached hydrogens (tertiary/aromatic N) is 2. The van der Waals surface area contributed by atoms with Gasteiger partial charge >= 0.3 is 0 Å². The molecule has 0 aliphatic heterocycles. The van der Waals surface area contributed by atoms with Crippen LogP contribution in [0.5, 0.6) is 0 Å². The van der Waals surface area contributed by atoms with Gasteiger partial charge in [-0.1, -0.05) is 0 Å². The van der Waals surface area contributed by atoms with E-state index in [1.54, 1.807) is 20.2 Å². The van der Waals surface area contributed by atoms with E-state index in [0.717, 1.165) is 11.4 Å². The molecule has 1 aromatic rings. The van der Waals surface area contributed by atoms with E-state index in [2.05, 4.69) is 5.32 Å². The number of likely N-dealkylation sites (N-methyl/N-ethyl adjacent to an activating group) is 1. The van der Waals surface area contributed by atoms with Gasteiger partial charge in [-0.2, -0.15) is 0 Å². The summed E-state index contributed by atoms with van der Waals surface area (Å²) in [5.74, 6) is 0. The summed E-state index contributed by atoms with van der Waals surface area (Å²) in [6.45, 7) is 1.26. The predicted octanol–water partition coefficient (Wildman–Crippen LogP) is 1.72. The van der Waals surface area contributed by atoms with E-state index >= 15 is 0 Å². The number of non-ortho nitro benzene ring substituents is 1. The third kappa shape index (κ3) is 3.60. The molecule has 0 spiro atoms. The number of hydrogen-bond donors (Lipinski definition) is 1. The number of hydrogen-bond acceptors (Lipinski definition) is 5. The van der Waals surface area contributed by atoms with Crippen molar-refractivity contribution in [3.63, 3.8) is 0 Å². The lowest BCUT2D eigenvalue weighted by atomic mass is 10.2. The maximum atomic E-state index is 10.8. The van der Waals surface area contributed by atoms with Crippen LogP contribution in [0, 0.1) is 10.1 Å². The number of nitrogens with one attached hydrogen (secondary N) is 1. The summed E-state index contributed by atoms with van der Waals surface area (Å²) in [4.78, 5) is 12.3. The quantitative estimate of drug-likeness (QED) is 0.604. The zero-order valence-corrected chi connectivity index (χ0v) is 10.3. The van der Waals surface area contributed by atoms with Gasteiger partial charge in [-0.25, -0.2) is 0 Å². The highest BCUT2D eigenvalue weighted by atomic mass is 16.6. The number of methoxy groups -OCH3 is 1. The highest BCUT2D eigenvalue weighted by Crippen LogP contribution is 2.26. The average Bonchev–Trinajstić information content (AvgIpc) is 2.35. The number of anilines is 2. The summed E-state index contributed by atoms with van der Waals surface area (Å²) in [5.41, 5.74) is 1.59. The van der Waals surface area contributed by atoms with Crippen LogP contribution in [0.15, 0.2) is 18.2 Å². The lowest BCUT2D eigenvalue weighted by Crippen LogP contribution is -2.22. The summed E-state index contributed by atoms with van der Waals surface area (Å²) in [5, 5.41) is 13.7. The van der Waals surface area contributed by atoms with E-state index in [0.29, 0.717) is 13.2 Å². The van der Waals surface area contributed by atoms with Gasteiger partial charge in [0, 0.05) is 51.3 Å². The maximum Gasteiger partial charge on any atom is 0.273 e. The molecule has 6 heteroatoms. The Morgan fingerprint density at radius 3 is 2.71 bits per heavy atom. The molecule has 17 heavy (non-hydrogen) atoms. The Morgan fingerprint density at radius 2 is 2.18 bits per heavy atom. The number of ether oxygens (including phenoxy) is 1. The number of rotatable bonds is 6. The smallest absolute Gasteiger partial charge is 0.273 e. The van der Waals surface area contributed by atoms with Crippen molar-refractivity contribution < 1.29 is 9.66 Å². The van der Waals surface area contributed by atoms with Gasteiger partial charge in [-0.15, -0.1) is 0 Å². The van der Waals surface area contributed by atoms with Crippen LogP contribution in [0.4, 0.5) is 17.1 Å². The molecule has 0 fully saturated rings. The van der Waals surface area contributed by atoms with Crippen LogP contribution in [0.1, 0.15) is 0 Å². The van der Waals surface area contributed by atoms with Crippen LogP contribution in [-0.4, -0.2) is 39.3 Å². The summed E-state index contributed by atoms with van der Waals surface area (Å²) in [7, 11) is 5.23. The standard InChI is InChI=1S/C11H17N3O3/c1-12-9-6-10(13(2)4-5-17-3)8-11(7-9)14(15)16/h6-8,12H,4-5H2,1-3H3. The topological polar surface area (TPSA) is 67.6 Å². The van der Waals surface area contributed by atoms with E-state index in [4.69, 9.17) is 4.74 Å². The molecule has 0 bridgehead atoms. The molecule has 0 saturated carbocycles. The van der Waals surface area contributed by atoms with Gasteiger partial charge in [0.05, 0.1) is 11.5 Å². The number of benzene rings is 1. The molecule has 1 rings (SSSR count). The number of nitro groups is 1. The third-order valence-corrected chi connectivity index (χ3v) is 2.47. The number of nitro benzene ring substituents is 1. The molecule has 1 aromatic carbocycles. The molecule has 0 unspecified atom stereocenters. The van der Waals surface area contributed by atoms with Crippen LogP contribution in [0.25, 0.3) is 0 Å². The predicted molar refractivity (Wildman–Crippen MR) is 67.8 cm³/mol. The molecule has 0 saturated heterocycles. The molecule has 0 radical (unpaired) electrons. The lowest BCUT2D eigenvalue weighted by molar-refractivity contribution is -0.384. The summed E-state index contributed by atoms with van der Waals surface area (Å²) < 4.78 is 4.98. The second-order valence-electron chi connectivity index (χ2n) is 3.66. The van der Waals surface area contributed by atoms with E-state index in [1.807, 2.05) is 18.0 Å². The first-order valence-electron chi connectivity index (χ1n) is 5.25. The van der Waals surface area contributed by atoms with Gasteiger partial charge in [0.15, 0.2) is 0 Å². The molecular weight excluding hydrogens is 222 g/mol. The van der Waals surface area contributed by atoms with Crippen LogP contribution >= 0.6 is 0 Å². The molecule has 1 N–H and O–H groups in total. The van der Waals surface area contributed by atoms with Crippen LogP contribution in [0.2, 0.25) is 0 Å². The molecule has 0 amide bonds. The average molecular weight is 239 g/mol. The Balaban J connectivity index is 2.97. The first-order valence-corrected chi connectivity index (χ1v) is 5.25. The first-order chi connectivity index (χ1) is 8.08. The molecule has 94 valence electrons. The summed E-state index contributed by atoms with van der Waals surface area (Å²) >= 11 is 0. The zero-order chi connectivity index (χ0) is 12.8. The van der Waals surface area contributed by atoms with Gasteiger partial charge < -0.3 is 15.0 Å². The van der Waals surface area contributed by atoms with Gasteiger partial charge in [0.1, 0.15) is 0 Å². The summed E-state index contributed by atoms with van der Waals surface area (Å²) in [6, 6.07) is 4.92. The third-order valence-electron chi connectivity index (χ3n) is 2.47. The van der Waals surface area contributed by atoms with Crippen molar-refractivity contribution in [1.29, 1.82) is 0 Å². The second kappa shape index (κ2) is 6.05. The van der Waals surface area contributed by atoms with Crippen molar-refractivity contribution in [1.82, 2.24) is 0 Å². The summed E-state index contributed by atoms with van der Waals surface area (Å²) in [6.07, 6.45) is 0. The molecule has 0 atom stereocenters. The van der Waals surface area contributed by atoms with E-state index < -0.39 is 4.92 Å². The molecular formula is C11H17N3O3. The maximum absolute atomic E-state index is 10.8. The zero-order valence-electron chi connectivity index (χ0n) is 10.3. The normalized spacial score (nSPS) is 10.1. The van der Waals surface area contributed by atoms with Gasteiger partial charge in [-0.05, 0) is 6.07 Å². The molecule has 6 nitrogen and oxygen atoms in total. The SMILES string of the molecule is CNc1cc(N(C)CCOC)cc([N+](=O)[O-])c1. The van der Waals surface area contributed by atoms with Crippen LogP contribution < -0.4 is 10.2 Å². The van der Waals surface area contributed by atoms with E-state index in [9.17, 15) is 10.1 Å². The highest BCUT2D eigenvalue weighted by Gasteiger charge is 2.11. The fourth-order valence-corrected chi connectivity index (χ4v) is 1.42. The van der Waals surface area contributed by atoms with E-state index in [-0.39, 0.29) is 5.69 Å².